The van der Waals surface area contributed by atoms with Gasteiger partial charge in [0.2, 0.25) is 5.91 Å². The Kier molecular flexibility index (Phi) is 4.01. The van der Waals surface area contributed by atoms with E-state index in [1.807, 2.05) is 19.1 Å². The van der Waals surface area contributed by atoms with Gasteiger partial charge in [-0.2, -0.15) is 5.10 Å². The van der Waals surface area contributed by atoms with E-state index in [9.17, 15) is 4.79 Å². The lowest BCUT2D eigenvalue weighted by Gasteiger charge is -2.33. The van der Waals surface area contributed by atoms with Gasteiger partial charge in [0.15, 0.2) is 5.65 Å². The number of aryl methyl sites for hydroxylation is 1. The Morgan fingerprint density at radius 1 is 1.36 bits per heavy atom. The third-order valence-electron chi connectivity index (χ3n) is 4.57. The zero-order valence-corrected chi connectivity index (χ0v) is 13.9. The van der Waals surface area contributed by atoms with E-state index < -0.39 is 0 Å². The molecular formula is C17H19N7O. The maximum absolute atomic E-state index is 12.7. The third-order valence-corrected chi connectivity index (χ3v) is 4.57. The molecule has 0 aliphatic carbocycles. The summed E-state index contributed by atoms with van der Waals surface area (Å²) in [6.07, 6.45) is 6.73. The van der Waals surface area contributed by atoms with Gasteiger partial charge in [-0.15, -0.1) is 0 Å². The summed E-state index contributed by atoms with van der Waals surface area (Å²) in [5, 5.41) is 10.7. The van der Waals surface area contributed by atoms with Crippen LogP contribution in [0.5, 0.6) is 0 Å². The molecule has 4 heterocycles. The van der Waals surface area contributed by atoms with Crippen molar-refractivity contribution >= 4 is 28.6 Å². The van der Waals surface area contributed by atoms with Gasteiger partial charge >= 0.3 is 0 Å². The molecule has 1 aliphatic heterocycles. The summed E-state index contributed by atoms with van der Waals surface area (Å²) in [7, 11) is 0. The molecule has 1 unspecified atom stereocenters. The number of aromatic amines is 1. The molecule has 0 radical (unpaired) electrons. The van der Waals surface area contributed by atoms with E-state index in [-0.39, 0.29) is 11.8 Å². The molecule has 0 saturated carbocycles. The van der Waals surface area contributed by atoms with E-state index in [4.69, 9.17) is 0 Å². The SMILES string of the molecule is Cc1cccnc1NC(=O)C1CCCN(c2ncnc3[nH]ncc23)C1. The van der Waals surface area contributed by atoms with Crippen LogP contribution < -0.4 is 10.2 Å². The molecule has 2 N–H and O–H groups in total. The average molecular weight is 337 g/mol. The highest BCUT2D eigenvalue weighted by Crippen LogP contribution is 2.27. The van der Waals surface area contributed by atoms with Crippen LogP contribution in [0.4, 0.5) is 11.6 Å². The predicted octanol–water partition coefficient (Wildman–Crippen LogP) is 1.91. The van der Waals surface area contributed by atoms with Crippen molar-refractivity contribution in [1.82, 2.24) is 25.1 Å². The van der Waals surface area contributed by atoms with Crippen LogP contribution >= 0.6 is 0 Å². The first kappa shape index (κ1) is 15.5. The first-order valence-corrected chi connectivity index (χ1v) is 8.34. The Bertz CT molecular complexity index is 907. The van der Waals surface area contributed by atoms with Crippen molar-refractivity contribution in [1.29, 1.82) is 0 Å². The van der Waals surface area contributed by atoms with Crippen molar-refractivity contribution in [2.24, 2.45) is 5.92 Å². The summed E-state index contributed by atoms with van der Waals surface area (Å²) in [6, 6.07) is 3.80. The molecule has 1 fully saturated rings. The summed E-state index contributed by atoms with van der Waals surface area (Å²) in [4.78, 5) is 27.6. The van der Waals surface area contributed by atoms with Crippen LogP contribution in [0.15, 0.2) is 30.9 Å². The number of carbonyl (C=O) groups excluding carboxylic acids is 1. The molecule has 0 spiro atoms. The number of amides is 1. The van der Waals surface area contributed by atoms with Crippen molar-refractivity contribution in [2.75, 3.05) is 23.3 Å². The number of nitrogens with zero attached hydrogens (tertiary/aromatic N) is 5. The van der Waals surface area contributed by atoms with Crippen molar-refractivity contribution in [2.45, 2.75) is 19.8 Å². The van der Waals surface area contributed by atoms with Crippen LogP contribution in [0.1, 0.15) is 18.4 Å². The van der Waals surface area contributed by atoms with Crippen molar-refractivity contribution in [3.63, 3.8) is 0 Å². The monoisotopic (exact) mass is 337 g/mol. The van der Waals surface area contributed by atoms with Gasteiger partial charge in [-0.1, -0.05) is 6.07 Å². The number of hydrogen-bond donors (Lipinski definition) is 2. The summed E-state index contributed by atoms with van der Waals surface area (Å²) >= 11 is 0. The number of carbonyl (C=O) groups is 1. The van der Waals surface area contributed by atoms with Gasteiger partial charge < -0.3 is 10.2 Å². The molecule has 0 bridgehead atoms. The van der Waals surface area contributed by atoms with E-state index in [2.05, 4.69) is 35.4 Å². The van der Waals surface area contributed by atoms with Crippen molar-refractivity contribution in [3.05, 3.63) is 36.4 Å². The first-order valence-electron chi connectivity index (χ1n) is 8.34. The Morgan fingerprint density at radius 3 is 3.16 bits per heavy atom. The summed E-state index contributed by atoms with van der Waals surface area (Å²) in [5.74, 6) is 1.35. The van der Waals surface area contributed by atoms with Crippen molar-refractivity contribution in [3.8, 4) is 0 Å². The van der Waals surface area contributed by atoms with Crippen LogP contribution in [0.3, 0.4) is 0 Å². The Morgan fingerprint density at radius 2 is 2.28 bits per heavy atom. The zero-order valence-electron chi connectivity index (χ0n) is 13.9. The van der Waals surface area contributed by atoms with Gasteiger partial charge in [0.1, 0.15) is 18.0 Å². The lowest BCUT2D eigenvalue weighted by atomic mass is 9.97. The second-order valence-corrected chi connectivity index (χ2v) is 6.27. The fraction of sp³-hybridized carbons (Fsp3) is 0.353. The third kappa shape index (κ3) is 3.02. The number of H-pyrrole nitrogens is 1. The molecule has 3 aromatic rings. The fourth-order valence-electron chi connectivity index (χ4n) is 3.22. The topological polar surface area (TPSA) is 99.7 Å². The predicted molar refractivity (Wildman–Crippen MR) is 94.2 cm³/mol. The zero-order chi connectivity index (χ0) is 17.2. The average Bonchev–Trinajstić information content (AvgIpc) is 3.12. The van der Waals surface area contributed by atoms with Gasteiger partial charge in [0, 0.05) is 19.3 Å². The minimum absolute atomic E-state index is 0.00370. The maximum Gasteiger partial charge on any atom is 0.230 e. The Balaban J connectivity index is 1.52. The van der Waals surface area contributed by atoms with Crippen LogP contribution in [0.25, 0.3) is 11.0 Å². The van der Waals surface area contributed by atoms with Gasteiger partial charge in [-0.05, 0) is 31.4 Å². The van der Waals surface area contributed by atoms with E-state index in [0.29, 0.717) is 18.0 Å². The summed E-state index contributed by atoms with van der Waals surface area (Å²) < 4.78 is 0. The minimum Gasteiger partial charge on any atom is -0.355 e. The lowest BCUT2D eigenvalue weighted by molar-refractivity contribution is -0.120. The number of fused-ring (bicyclic) bond motifs is 1. The van der Waals surface area contributed by atoms with Gasteiger partial charge in [-0.3, -0.25) is 9.89 Å². The molecule has 1 amide bonds. The van der Waals surface area contributed by atoms with Gasteiger partial charge in [0.05, 0.1) is 17.5 Å². The number of nitrogens with one attached hydrogen (secondary N) is 2. The largest absolute Gasteiger partial charge is 0.355 e. The highest BCUT2D eigenvalue weighted by molar-refractivity contribution is 5.93. The second kappa shape index (κ2) is 6.46. The molecule has 0 aromatic carbocycles. The smallest absolute Gasteiger partial charge is 0.230 e. The maximum atomic E-state index is 12.7. The molecule has 3 aromatic heterocycles. The minimum atomic E-state index is -0.105. The number of anilines is 2. The van der Waals surface area contributed by atoms with Crippen LogP contribution in [0.2, 0.25) is 0 Å². The molecule has 4 rings (SSSR count). The lowest BCUT2D eigenvalue weighted by Crippen LogP contribution is -2.41. The number of hydrogen-bond acceptors (Lipinski definition) is 6. The summed E-state index contributed by atoms with van der Waals surface area (Å²) in [5.41, 5.74) is 1.67. The standard InChI is InChI=1S/C17H19N7O/c1-11-4-2-6-18-14(11)22-17(25)12-5-3-7-24(9-12)16-13-8-21-23-15(13)19-10-20-16/h2,4,6,8,10,12H,3,5,7,9H2,1H3,(H,18,22,25)(H,19,20,21,23). The molecule has 128 valence electrons. The molecule has 1 saturated heterocycles. The number of rotatable bonds is 3. The quantitative estimate of drug-likeness (QED) is 0.757. The second-order valence-electron chi connectivity index (χ2n) is 6.27. The highest BCUT2D eigenvalue weighted by Gasteiger charge is 2.28. The number of aromatic nitrogens is 5. The molecule has 1 atom stereocenters. The van der Waals surface area contributed by atoms with Gasteiger partial charge in [-0.25, -0.2) is 15.0 Å². The Hall–Kier alpha value is -3.03. The van der Waals surface area contributed by atoms with E-state index >= 15 is 0 Å². The normalized spacial score (nSPS) is 17.6. The molecule has 1 aliphatic rings. The number of piperidine rings is 1. The van der Waals surface area contributed by atoms with Gasteiger partial charge in [0.25, 0.3) is 0 Å². The van der Waals surface area contributed by atoms with Crippen molar-refractivity contribution < 1.29 is 4.79 Å². The highest BCUT2D eigenvalue weighted by atomic mass is 16.2. The van der Waals surface area contributed by atoms with E-state index in [0.717, 1.165) is 36.2 Å². The summed E-state index contributed by atoms with van der Waals surface area (Å²) in [6.45, 7) is 3.42. The molecule has 8 heteroatoms. The van der Waals surface area contributed by atoms with Crippen LogP contribution in [-0.4, -0.2) is 44.1 Å². The molecule has 8 nitrogen and oxygen atoms in total. The Labute approximate surface area is 144 Å². The number of pyridine rings is 1. The molecular weight excluding hydrogens is 318 g/mol. The van der Waals surface area contributed by atoms with E-state index in [1.165, 1.54) is 6.33 Å². The van der Waals surface area contributed by atoms with Crippen LogP contribution in [-0.2, 0) is 4.79 Å². The van der Waals surface area contributed by atoms with E-state index in [1.54, 1.807) is 12.4 Å². The van der Waals surface area contributed by atoms with Crippen LogP contribution in [0, 0.1) is 12.8 Å². The molecule has 25 heavy (non-hydrogen) atoms. The fourth-order valence-corrected chi connectivity index (χ4v) is 3.22. The first-order chi connectivity index (χ1) is 12.2.